The third-order valence-corrected chi connectivity index (χ3v) is 3.60. The minimum Gasteiger partial charge on any atom is -0.326 e. The van der Waals surface area contributed by atoms with E-state index in [1.165, 1.54) is 4.88 Å². The largest absolute Gasteiger partial charge is 0.326 e. The zero-order valence-corrected chi connectivity index (χ0v) is 10.6. The Morgan fingerprint density at radius 2 is 2.00 bits per heavy atom. The van der Waals surface area contributed by atoms with Gasteiger partial charge in [0, 0.05) is 28.8 Å². The van der Waals surface area contributed by atoms with Crippen LogP contribution < -0.4 is 5.73 Å². The standard InChI is InChI=1S/C14H15NOS/c1-10-6-13(9-17-10)14(16)7-11-4-2-3-5-12(11)8-15/h2-6,9H,7-8,15H2,1H3. The number of nitrogens with two attached hydrogens (primary N) is 1. The highest BCUT2D eigenvalue weighted by Gasteiger charge is 2.10. The Hall–Kier alpha value is -1.45. The molecule has 0 fully saturated rings. The van der Waals surface area contributed by atoms with Gasteiger partial charge in [-0.1, -0.05) is 24.3 Å². The Kier molecular flexibility index (Phi) is 3.71. The van der Waals surface area contributed by atoms with E-state index >= 15 is 0 Å². The second-order valence-corrected chi connectivity index (χ2v) is 5.13. The maximum absolute atomic E-state index is 12.1. The van der Waals surface area contributed by atoms with Crippen molar-refractivity contribution in [1.29, 1.82) is 0 Å². The zero-order chi connectivity index (χ0) is 12.3. The maximum atomic E-state index is 12.1. The van der Waals surface area contributed by atoms with Crippen molar-refractivity contribution in [1.82, 2.24) is 0 Å². The van der Waals surface area contributed by atoms with Gasteiger partial charge in [0.1, 0.15) is 0 Å². The molecule has 1 aromatic heterocycles. The Bertz CT molecular complexity index is 531. The van der Waals surface area contributed by atoms with Crippen LogP contribution in [-0.2, 0) is 13.0 Å². The molecular weight excluding hydrogens is 230 g/mol. The third kappa shape index (κ3) is 2.81. The van der Waals surface area contributed by atoms with E-state index in [1.54, 1.807) is 11.3 Å². The number of aryl methyl sites for hydroxylation is 1. The molecule has 0 saturated heterocycles. The van der Waals surface area contributed by atoms with Crippen molar-refractivity contribution >= 4 is 17.1 Å². The van der Waals surface area contributed by atoms with Crippen LogP contribution in [0, 0.1) is 6.92 Å². The van der Waals surface area contributed by atoms with E-state index < -0.39 is 0 Å². The van der Waals surface area contributed by atoms with Crippen LogP contribution in [0.15, 0.2) is 35.7 Å². The molecule has 0 unspecified atom stereocenters. The molecule has 0 aliphatic rings. The molecule has 3 heteroatoms. The number of rotatable bonds is 4. The maximum Gasteiger partial charge on any atom is 0.168 e. The molecule has 0 radical (unpaired) electrons. The molecule has 0 aliphatic carbocycles. The molecule has 0 atom stereocenters. The first kappa shape index (κ1) is 12.0. The Labute approximate surface area is 105 Å². The van der Waals surface area contributed by atoms with Crippen LogP contribution in [0.3, 0.4) is 0 Å². The quantitative estimate of drug-likeness (QED) is 0.842. The van der Waals surface area contributed by atoms with Gasteiger partial charge in [-0.05, 0) is 24.1 Å². The van der Waals surface area contributed by atoms with Crippen molar-refractivity contribution < 1.29 is 4.79 Å². The lowest BCUT2D eigenvalue weighted by Crippen LogP contribution is -2.07. The molecule has 2 aromatic rings. The summed E-state index contributed by atoms with van der Waals surface area (Å²) in [6, 6.07) is 9.78. The van der Waals surface area contributed by atoms with E-state index in [0.29, 0.717) is 13.0 Å². The third-order valence-electron chi connectivity index (χ3n) is 2.74. The predicted octanol–water partition coefficient (Wildman–Crippen LogP) is 2.94. The SMILES string of the molecule is Cc1cc(C(=O)Cc2ccccc2CN)cs1. The van der Waals surface area contributed by atoms with E-state index in [4.69, 9.17) is 5.73 Å². The number of Topliss-reactive ketones (excluding diaryl/α,β-unsaturated/α-hetero) is 1. The number of benzene rings is 1. The summed E-state index contributed by atoms with van der Waals surface area (Å²) in [5.41, 5.74) is 8.55. The van der Waals surface area contributed by atoms with Gasteiger partial charge in [-0.3, -0.25) is 4.79 Å². The first-order valence-electron chi connectivity index (χ1n) is 5.56. The fraction of sp³-hybridized carbons (Fsp3) is 0.214. The monoisotopic (exact) mass is 245 g/mol. The number of hydrogen-bond donors (Lipinski definition) is 1. The first-order chi connectivity index (χ1) is 8.20. The summed E-state index contributed by atoms with van der Waals surface area (Å²) in [6.07, 6.45) is 0.434. The first-order valence-corrected chi connectivity index (χ1v) is 6.44. The van der Waals surface area contributed by atoms with Gasteiger partial charge < -0.3 is 5.73 Å². The van der Waals surface area contributed by atoms with Gasteiger partial charge in [0.15, 0.2) is 5.78 Å². The number of carbonyl (C=O) groups excluding carboxylic acids is 1. The highest BCUT2D eigenvalue weighted by molar-refractivity contribution is 7.10. The highest BCUT2D eigenvalue weighted by atomic mass is 32.1. The van der Waals surface area contributed by atoms with E-state index in [-0.39, 0.29) is 5.78 Å². The fourth-order valence-corrected chi connectivity index (χ4v) is 2.50. The molecule has 1 heterocycles. The number of carbonyl (C=O) groups is 1. The average Bonchev–Trinajstić information content (AvgIpc) is 2.77. The zero-order valence-electron chi connectivity index (χ0n) is 9.77. The van der Waals surface area contributed by atoms with Crippen molar-refractivity contribution in [2.24, 2.45) is 5.73 Å². The minimum atomic E-state index is 0.162. The van der Waals surface area contributed by atoms with E-state index in [2.05, 4.69) is 0 Å². The normalized spacial score (nSPS) is 10.5. The molecule has 88 valence electrons. The second kappa shape index (κ2) is 5.25. The molecule has 2 N–H and O–H groups in total. The Morgan fingerprint density at radius 3 is 2.59 bits per heavy atom. The summed E-state index contributed by atoms with van der Waals surface area (Å²) in [7, 11) is 0. The van der Waals surface area contributed by atoms with Crippen LogP contribution >= 0.6 is 11.3 Å². The average molecular weight is 245 g/mol. The molecule has 0 aliphatic heterocycles. The van der Waals surface area contributed by atoms with Crippen LogP contribution in [0.4, 0.5) is 0 Å². The summed E-state index contributed by atoms with van der Waals surface area (Å²) in [4.78, 5) is 13.2. The van der Waals surface area contributed by atoms with Crippen molar-refractivity contribution in [3.8, 4) is 0 Å². The predicted molar refractivity (Wildman–Crippen MR) is 71.4 cm³/mol. The summed E-state index contributed by atoms with van der Waals surface area (Å²) in [5.74, 6) is 0.162. The summed E-state index contributed by atoms with van der Waals surface area (Å²) >= 11 is 1.61. The summed E-state index contributed by atoms with van der Waals surface area (Å²) in [6.45, 7) is 2.49. The summed E-state index contributed by atoms with van der Waals surface area (Å²) < 4.78 is 0. The van der Waals surface area contributed by atoms with Crippen molar-refractivity contribution in [3.63, 3.8) is 0 Å². The van der Waals surface area contributed by atoms with E-state index in [1.807, 2.05) is 42.6 Å². The van der Waals surface area contributed by atoms with Gasteiger partial charge in [-0.15, -0.1) is 11.3 Å². The number of ketones is 1. The Balaban J connectivity index is 2.18. The molecule has 2 nitrogen and oxygen atoms in total. The fourth-order valence-electron chi connectivity index (χ4n) is 1.79. The van der Waals surface area contributed by atoms with Gasteiger partial charge in [-0.25, -0.2) is 0 Å². The lowest BCUT2D eigenvalue weighted by Gasteiger charge is -2.05. The van der Waals surface area contributed by atoms with Crippen molar-refractivity contribution in [3.05, 3.63) is 57.3 Å². The molecule has 0 saturated carbocycles. The molecular formula is C14H15NOS. The van der Waals surface area contributed by atoms with Crippen LogP contribution in [0.25, 0.3) is 0 Å². The Morgan fingerprint density at radius 1 is 1.29 bits per heavy atom. The van der Waals surface area contributed by atoms with Crippen LogP contribution in [0.5, 0.6) is 0 Å². The molecule has 0 bridgehead atoms. The molecule has 17 heavy (non-hydrogen) atoms. The van der Waals surface area contributed by atoms with Crippen LogP contribution in [0.2, 0.25) is 0 Å². The smallest absolute Gasteiger partial charge is 0.168 e. The number of thiophene rings is 1. The molecule has 2 rings (SSSR count). The van der Waals surface area contributed by atoms with Gasteiger partial charge in [0.25, 0.3) is 0 Å². The van der Waals surface area contributed by atoms with E-state index in [9.17, 15) is 4.79 Å². The van der Waals surface area contributed by atoms with Crippen LogP contribution in [0.1, 0.15) is 26.4 Å². The van der Waals surface area contributed by atoms with Crippen LogP contribution in [-0.4, -0.2) is 5.78 Å². The molecule has 0 spiro atoms. The second-order valence-electron chi connectivity index (χ2n) is 4.02. The van der Waals surface area contributed by atoms with Crippen molar-refractivity contribution in [2.75, 3.05) is 0 Å². The summed E-state index contributed by atoms with van der Waals surface area (Å²) in [5, 5.41) is 1.92. The highest BCUT2D eigenvalue weighted by Crippen LogP contribution is 2.17. The van der Waals surface area contributed by atoms with Crippen molar-refractivity contribution in [2.45, 2.75) is 19.9 Å². The molecule has 1 aromatic carbocycles. The van der Waals surface area contributed by atoms with Gasteiger partial charge >= 0.3 is 0 Å². The lowest BCUT2D eigenvalue weighted by atomic mass is 10.00. The lowest BCUT2D eigenvalue weighted by molar-refractivity contribution is 0.0993. The molecule has 0 amide bonds. The topological polar surface area (TPSA) is 43.1 Å². The van der Waals surface area contributed by atoms with Gasteiger partial charge in [-0.2, -0.15) is 0 Å². The van der Waals surface area contributed by atoms with E-state index in [0.717, 1.165) is 16.7 Å². The van der Waals surface area contributed by atoms with Gasteiger partial charge in [0.2, 0.25) is 0 Å². The minimum absolute atomic E-state index is 0.162. The number of hydrogen-bond acceptors (Lipinski definition) is 3. The van der Waals surface area contributed by atoms with Gasteiger partial charge in [0.05, 0.1) is 0 Å².